The molecule has 0 heterocycles. The molecule has 0 amide bonds. The molecule has 1 unspecified atom stereocenters. The number of nitrogens with one attached hydrogen (secondary N) is 1. The zero-order valence-electron chi connectivity index (χ0n) is 12.7. The lowest BCUT2D eigenvalue weighted by molar-refractivity contribution is 0.106. The van der Waals surface area contributed by atoms with Crippen molar-refractivity contribution in [2.24, 2.45) is 0 Å². The Morgan fingerprint density at radius 2 is 1.81 bits per heavy atom. The maximum atomic E-state index is 9.91. The van der Waals surface area contributed by atoms with E-state index in [1.807, 2.05) is 37.3 Å². The van der Waals surface area contributed by atoms with Crippen LogP contribution in [-0.2, 0) is 6.54 Å². The molecule has 2 N–H and O–H groups in total. The van der Waals surface area contributed by atoms with Crippen LogP contribution in [0.2, 0.25) is 0 Å². The van der Waals surface area contributed by atoms with Crippen molar-refractivity contribution in [2.75, 3.05) is 13.2 Å². The normalized spacial score (nSPS) is 12.1. The van der Waals surface area contributed by atoms with Gasteiger partial charge in [0.1, 0.15) is 18.5 Å². The van der Waals surface area contributed by atoms with Gasteiger partial charge < -0.3 is 15.2 Å². The number of hydrogen-bond acceptors (Lipinski definition) is 3. The van der Waals surface area contributed by atoms with Crippen LogP contribution in [0, 0.1) is 13.8 Å². The van der Waals surface area contributed by atoms with Crippen molar-refractivity contribution in [3.63, 3.8) is 0 Å². The maximum absolute atomic E-state index is 9.91. The summed E-state index contributed by atoms with van der Waals surface area (Å²) in [5.41, 5.74) is 3.67. The standard InChI is InChI=1S/C18H23NO2/c1-14-6-8-18(9-7-14)21-13-17(20)12-19-11-16-5-3-4-15(2)10-16/h3-10,17,19-20H,11-13H2,1-2H3. The van der Waals surface area contributed by atoms with E-state index in [4.69, 9.17) is 4.74 Å². The smallest absolute Gasteiger partial charge is 0.119 e. The molecule has 112 valence electrons. The molecule has 0 spiro atoms. The van der Waals surface area contributed by atoms with Crippen LogP contribution < -0.4 is 10.1 Å². The number of aliphatic hydroxyl groups excluding tert-OH is 1. The molecular weight excluding hydrogens is 262 g/mol. The largest absolute Gasteiger partial charge is 0.491 e. The molecule has 0 saturated heterocycles. The Morgan fingerprint density at radius 3 is 2.52 bits per heavy atom. The van der Waals surface area contributed by atoms with Crippen molar-refractivity contribution in [3.05, 3.63) is 65.2 Å². The summed E-state index contributed by atoms with van der Waals surface area (Å²) in [6, 6.07) is 16.2. The van der Waals surface area contributed by atoms with Crippen LogP contribution in [0.5, 0.6) is 5.75 Å². The third-order valence-electron chi connectivity index (χ3n) is 3.25. The van der Waals surface area contributed by atoms with Crippen LogP contribution in [0.15, 0.2) is 48.5 Å². The number of rotatable bonds is 7. The lowest BCUT2D eigenvalue weighted by Gasteiger charge is -2.13. The molecule has 0 aliphatic heterocycles. The van der Waals surface area contributed by atoms with E-state index in [2.05, 4.69) is 30.4 Å². The lowest BCUT2D eigenvalue weighted by Crippen LogP contribution is -2.31. The summed E-state index contributed by atoms with van der Waals surface area (Å²) in [6.07, 6.45) is -0.517. The predicted octanol–water partition coefficient (Wildman–Crippen LogP) is 2.83. The fourth-order valence-corrected chi connectivity index (χ4v) is 2.09. The molecule has 0 aliphatic rings. The van der Waals surface area contributed by atoms with Gasteiger partial charge in [0.2, 0.25) is 0 Å². The first-order valence-electron chi connectivity index (χ1n) is 7.27. The van der Waals surface area contributed by atoms with Gasteiger partial charge in [-0.2, -0.15) is 0 Å². The summed E-state index contributed by atoms with van der Waals surface area (Å²) in [4.78, 5) is 0. The molecule has 1 atom stereocenters. The van der Waals surface area contributed by atoms with Crippen LogP contribution in [0.4, 0.5) is 0 Å². The van der Waals surface area contributed by atoms with Gasteiger partial charge in [-0.05, 0) is 31.5 Å². The van der Waals surface area contributed by atoms with Crippen molar-refractivity contribution in [1.29, 1.82) is 0 Å². The Morgan fingerprint density at radius 1 is 1.05 bits per heavy atom. The minimum absolute atomic E-state index is 0.296. The molecule has 3 nitrogen and oxygen atoms in total. The molecule has 3 heteroatoms. The summed E-state index contributed by atoms with van der Waals surface area (Å²) in [5, 5.41) is 13.2. The van der Waals surface area contributed by atoms with Crippen molar-refractivity contribution >= 4 is 0 Å². The number of ether oxygens (including phenoxy) is 1. The first-order valence-corrected chi connectivity index (χ1v) is 7.27. The first-order chi connectivity index (χ1) is 10.1. The molecule has 0 saturated carbocycles. The van der Waals surface area contributed by atoms with Gasteiger partial charge in [-0.3, -0.25) is 0 Å². The molecule has 2 rings (SSSR count). The number of aryl methyl sites for hydroxylation is 2. The highest BCUT2D eigenvalue weighted by Crippen LogP contribution is 2.11. The van der Waals surface area contributed by atoms with Gasteiger partial charge in [0.05, 0.1) is 0 Å². The summed E-state index contributed by atoms with van der Waals surface area (Å²) >= 11 is 0. The van der Waals surface area contributed by atoms with E-state index in [1.54, 1.807) is 0 Å². The quantitative estimate of drug-likeness (QED) is 0.822. The summed E-state index contributed by atoms with van der Waals surface area (Å²) in [7, 11) is 0. The third-order valence-corrected chi connectivity index (χ3v) is 3.25. The molecule has 2 aromatic rings. The second-order valence-corrected chi connectivity index (χ2v) is 5.40. The van der Waals surface area contributed by atoms with Crippen LogP contribution in [0.3, 0.4) is 0 Å². The molecule has 0 radical (unpaired) electrons. The van der Waals surface area contributed by atoms with E-state index in [-0.39, 0.29) is 0 Å². The average molecular weight is 285 g/mol. The van der Waals surface area contributed by atoms with Crippen molar-refractivity contribution in [3.8, 4) is 5.75 Å². The van der Waals surface area contributed by atoms with Crippen LogP contribution in [-0.4, -0.2) is 24.4 Å². The fourth-order valence-electron chi connectivity index (χ4n) is 2.09. The Hall–Kier alpha value is -1.84. The molecule has 0 aromatic heterocycles. The molecule has 2 aromatic carbocycles. The van der Waals surface area contributed by atoms with Crippen molar-refractivity contribution in [2.45, 2.75) is 26.5 Å². The second-order valence-electron chi connectivity index (χ2n) is 5.40. The molecule has 0 aliphatic carbocycles. The topological polar surface area (TPSA) is 41.5 Å². The Kier molecular flexibility index (Phi) is 5.78. The van der Waals surface area contributed by atoms with Gasteiger partial charge in [-0.25, -0.2) is 0 Å². The summed E-state index contributed by atoms with van der Waals surface area (Å²) in [5.74, 6) is 0.790. The second kappa shape index (κ2) is 7.81. The lowest BCUT2D eigenvalue weighted by atomic mass is 10.1. The Balaban J connectivity index is 1.67. The van der Waals surface area contributed by atoms with E-state index < -0.39 is 6.10 Å². The molecular formula is C18H23NO2. The highest BCUT2D eigenvalue weighted by atomic mass is 16.5. The van der Waals surface area contributed by atoms with Crippen LogP contribution in [0.1, 0.15) is 16.7 Å². The van der Waals surface area contributed by atoms with E-state index in [1.165, 1.54) is 16.7 Å². The van der Waals surface area contributed by atoms with E-state index in [0.717, 1.165) is 12.3 Å². The zero-order chi connectivity index (χ0) is 15.1. The number of hydrogen-bond donors (Lipinski definition) is 2. The maximum Gasteiger partial charge on any atom is 0.119 e. The summed E-state index contributed by atoms with van der Waals surface area (Å²) in [6.45, 7) is 5.68. The zero-order valence-corrected chi connectivity index (χ0v) is 12.7. The monoisotopic (exact) mass is 285 g/mol. The molecule has 0 bridgehead atoms. The van der Waals surface area contributed by atoms with E-state index >= 15 is 0 Å². The highest BCUT2D eigenvalue weighted by Gasteiger charge is 2.05. The van der Waals surface area contributed by atoms with Crippen LogP contribution in [0.25, 0.3) is 0 Å². The SMILES string of the molecule is Cc1ccc(OCC(O)CNCc2cccc(C)c2)cc1. The third kappa shape index (κ3) is 5.58. The average Bonchev–Trinajstić information content (AvgIpc) is 2.47. The molecule has 21 heavy (non-hydrogen) atoms. The Labute approximate surface area is 126 Å². The van der Waals surface area contributed by atoms with Gasteiger partial charge in [0.25, 0.3) is 0 Å². The van der Waals surface area contributed by atoms with Gasteiger partial charge in [-0.1, -0.05) is 47.5 Å². The van der Waals surface area contributed by atoms with Crippen molar-refractivity contribution < 1.29 is 9.84 Å². The van der Waals surface area contributed by atoms with E-state index in [9.17, 15) is 5.11 Å². The molecule has 0 fully saturated rings. The van der Waals surface area contributed by atoms with Gasteiger partial charge in [-0.15, -0.1) is 0 Å². The number of aliphatic hydroxyl groups is 1. The minimum atomic E-state index is -0.517. The predicted molar refractivity (Wildman–Crippen MR) is 85.6 cm³/mol. The minimum Gasteiger partial charge on any atom is -0.491 e. The highest BCUT2D eigenvalue weighted by molar-refractivity contribution is 5.26. The van der Waals surface area contributed by atoms with Gasteiger partial charge in [0.15, 0.2) is 0 Å². The van der Waals surface area contributed by atoms with Gasteiger partial charge in [0, 0.05) is 13.1 Å². The van der Waals surface area contributed by atoms with Crippen molar-refractivity contribution in [1.82, 2.24) is 5.32 Å². The fraction of sp³-hybridized carbons (Fsp3) is 0.333. The first kappa shape index (κ1) is 15.5. The van der Waals surface area contributed by atoms with E-state index in [0.29, 0.717) is 13.2 Å². The van der Waals surface area contributed by atoms with Crippen LogP contribution >= 0.6 is 0 Å². The van der Waals surface area contributed by atoms with Gasteiger partial charge >= 0.3 is 0 Å². The summed E-state index contributed by atoms with van der Waals surface area (Å²) < 4.78 is 5.55. The Bertz CT molecular complexity index is 551. The number of benzene rings is 2.